The van der Waals surface area contributed by atoms with E-state index in [0.29, 0.717) is 11.3 Å². The molecule has 1 heterocycles. The van der Waals surface area contributed by atoms with Crippen LogP contribution in [0.4, 0.5) is 13.2 Å². The number of amides is 1. The van der Waals surface area contributed by atoms with Crippen LogP contribution in [0.2, 0.25) is 0 Å². The van der Waals surface area contributed by atoms with Gasteiger partial charge in [-0.2, -0.15) is 13.2 Å². The Morgan fingerprint density at radius 2 is 1.77 bits per heavy atom. The lowest BCUT2D eigenvalue weighted by Crippen LogP contribution is -2.24. The second-order valence-electron chi connectivity index (χ2n) is 5.86. The van der Waals surface area contributed by atoms with E-state index in [9.17, 15) is 26.4 Å². The number of nitrogens with two attached hydrogens (primary N) is 1. The second-order valence-corrected chi connectivity index (χ2v) is 7.42. The molecule has 2 aromatic rings. The Morgan fingerprint density at radius 3 is 2.27 bits per heavy atom. The van der Waals surface area contributed by atoms with Crippen LogP contribution in [0.25, 0.3) is 0 Å². The molecule has 2 rings (SSSR count). The van der Waals surface area contributed by atoms with Crippen LogP contribution in [0.1, 0.15) is 27.3 Å². The summed E-state index contributed by atoms with van der Waals surface area (Å²) in [4.78, 5) is 12.2. The SMILES string of the molecule is Cc1cc(C(=O)NCc2ccc(S(N)(=O)=O)cc2)c(C)n1CC(F)(F)F. The fourth-order valence-corrected chi connectivity index (χ4v) is 3.04. The van der Waals surface area contributed by atoms with E-state index in [0.717, 1.165) is 4.57 Å². The summed E-state index contributed by atoms with van der Waals surface area (Å²) in [5.41, 5.74) is 1.34. The van der Waals surface area contributed by atoms with Crippen molar-refractivity contribution in [2.75, 3.05) is 0 Å². The van der Waals surface area contributed by atoms with Gasteiger partial charge in [0.2, 0.25) is 10.0 Å². The minimum absolute atomic E-state index is 0.0525. The van der Waals surface area contributed by atoms with Gasteiger partial charge >= 0.3 is 6.18 Å². The number of benzene rings is 1. The quantitative estimate of drug-likeness (QED) is 0.821. The number of sulfonamides is 1. The molecule has 0 aliphatic rings. The predicted octanol–water partition coefficient (Wildman–Crippen LogP) is 2.24. The summed E-state index contributed by atoms with van der Waals surface area (Å²) in [6.07, 6.45) is -4.38. The summed E-state index contributed by atoms with van der Waals surface area (Å²) in [7, 11) is -3.80. The maximum atomic E-state index is 12.6. The van der Waals surface area contributed by atoms with Crippen LogP contribution in [0, 0.1) is 13.8 Å². The number of primary sulfonamides is 1. The predicted molar refractivity (Wildman–Crippen MR) is 88.9 cm³/mol. The van der Waals surface area contributed by atoms with Gasteiger partial charge in [0.25, 0.3) is 5.91 Å². The number of hydrogen-bond acceptors (Lipinski definition) is 3. The summed E-state index contributed by atoms with van der Waals surface area (Å²) < 4.78 is 61.3. The van der Waals surface area contributed by atoms with E-state index in [1.807, 2.05) is 0 Å². The van der Waals surface area contributed by atoms with Crippen molar-refractivity contribution in [2.45, 2.75) is 38.0 Å². The van der Waals surface area contributed by atoms with E-state index >= 15 is 0 Å². The highest BCUT2D eigenvalue weighted by Crippen LogP contribution is 2.23. The molecule has 6 nitrogen and oxygen atoms in total. The molecule has 0 radical (unpaired) electrons. The molecular weight excluding hydrogens is 371 g/mol. The Morgan fingerprint density at radius 1 is 1.19 bits per heavy atom. The number of carbonyl (C=O) groups excluding carboxylic acids is 1. The van der Waals surface area contributed by atoms with Gasteiger partial charge in [-0.3, -0.25) is 4.79 Å². The van der Waals surface area contributed by atoms with E-state index in [1.54, 1.807) is 0 Å². The number of halogens is 3. The van der Waals surface area contributed by atoms with Crippen LogP contribution >= 0.6 is 0 Å². The van der Waals surface area contributed by atoms with Gasteiger partial charge in [0, 0.05) is 17.9 Å². The third kappa shape index (κ3) is 4.85. The van der Waals surface area contributed by atoms with Crippen molar-refractivity contribution < 1.29 is 26.4 Å². The minimum atomic E-state index is -4.38. The Hall–Kier alpha value is -2.33. The highest BCUT2D eigenvalue weighted by molar-refractivity contribution is 7.89. The average molecular weight is 389 g/mol. The fourth-order valence-electron chi connectivity index (χ4n) is 2.53. The van der Waals surface area contributed by atoms with Gasteiger partial charge in [-0.15, -0.1) is 0 Å². The van der Waals surface area contributed by atoms with Crippen molar-refractivity contribution in [3.8, 4) is 0 Å². The lowest BCUT2D eigenvalue weighted by Gasteiger charge is -2.12. The molecule has 0 saturated heterocycles. The average Bonchev–Trinajstić information content (AvgIpc) is 2.79. The zero-order valence-electron chi connectivity index (χ0n) is 14.1. The normalized spacial score (nSPS) is 12.2. The van der Waals surface area contributed by atoms with E-state index in [1.165, 1.54) is 44.2 Å². The monoisotopic (exact) mass is 389 g/mol. The van der Waals surface area contributed by atoms with Crippen LogP contribution in [0.15, 0.2) is 35.2 Å². The molecule has 0 fully saturated rings. The number of nitrogens with zero attached hydrogens (tertiary/aromatic N) is 1. The standard InChI is InChI=1S/C16H18F3N3O3S/c1-10-7-14(11(2)22(10)9-16(17,18)19)15(23)21-8-12-3-5-13(6-4-12)26(20,24)25/h3-7H,8-9H2,1-2H3,(H,21,23)(H2,20,24,25). The molecule has 0 spiro atoms. The van der Waals surface area contributed by atoms with E-state index in [-0.39, 0.29) is 22.7 Å². The smallest absolute Gasteiger partial charge is 0.348 e. The van der Waals surface area contributed by atoms with Gasteiger partial charge in [-0.1, -0.05) is 12.1 Å². The van der Waals surface area contributed by atoms with Crippen molar-refractivity contribution in [2.24, 2.45) is 5.14 Å². The van der Waals surface area contributed by atoms with Crippen LogP contribution < -0.4 is 10.5 Å². The molecule has 142 valence electrons. The molecule has 0 atom stereocenters. The number of hydrogen-bond donors (Lipinski definition) is 2. The highest BCUT2D eigenvalue weighted by Gasteiger charge is 2.30. The molecule has 1 aromatic heterocycles. The molecule has 10 heteroatoms. The first-order valence-electron chi connectivity index (χ1n) is 7.52. The molecule has 0 unspecified atom stereocenters. The van der Waals surface area contributed by atoms with E-state index in [4.69, 9.17) is 5.14 Å². The Bertz CT molecular complexity index is 917. The number of aromatic nitrogens is 1. The number of carbonyl (C=O) groups is 1. The maximum Gasteiger partial charge on any atom is 0.406 e. The molecule has 1 amide bonds. The minimum Gasteiger partial charge on any atom is -0.348 e. The van der Waals surface area contributed by atoms with Gasteiger partial charge in [0.05, 0.1) is 10.5 Å². The highest BCUT2D eigenvalue weighted by atomic mass is 32.2. The second kappa shape index (κ2) is 7.12. The zero-order chi connectivity index (χ0) is 19.7. The van der Waals surface area contributed by atoms with Crippen molar-refractivity contribution in [1.82, 2.24) is 9.88 Å². The molecular formula is C16H18F3N3O3S. The number of alkyl halides is 3. The Labute approximate surface area is 148 Å². The van der Waals surface area contributed by atoms with E-state index < -0.39 is 28.7 Å². The lowest BCUT2D eigenvalue weighted by molar-refractivity contribution is -0.141. The Kier molecular flexibility index (Phi) is 5.47. The maximum absolute atomic E-state index is 12.6. The molecule has 0 saturated carbocycles. The Balaban J connectivity index is 2.10. The third-order valence-electron chi connectivity index (χ3n) is 3.86. The van der Waals surface area contributed by atoms with Gasteiger partial charge in [-0.05, 0) is 37.6 Å². The van der Waals surface area contributed by atoms with Crippen molar-refractivity contribution >= 4 is 15.9 Å². The zero-order valence-corrected chi connectivity index (χ0v) is 14.9. The van der Waals surface area contributed by atoms with E-state index in [2.05, 4.69) is 5.32 Å². The summed E-state index contributed by atoms with van der Waals surface area (Å²) in [6, 6.07) is 7.01. The summed E-state index contributed by atoms with van der Waals surface area (Å²) in [6.45, 7) is 1.88. The van der Waals surface area contributed by atoms with Crippen LogP contribution in [0.3, 0.4) is 0 Å². The lowest BCUT2D eigenvalue weighted by atomic mass is 10.2. The molecule has 0 aliphatic heterocycles. The van der Waals surface area contributed by atoms with Crippen molar-refractivity contribution in [3.63, 3.8) is 0 Å². The number of aryl methyl sites for hydroxylation is 1. The topological polar surface area (TPSA) is 94.2 Å². The molecule has 1 aromatic carbocycles. The van der Waals surface area contributed by atoms with Gasteiger partial charge in [0.15, 0.2) is 0 Å². The first kappa shape index (κ1) is 20.0. The number of rotatable bonds is 5. The first-order valence-corrected chi connectivity index (χ1v) is 9.06. The third-order valence-corrected chi connectivity index (χ3v) is 4.79. The van der Waals surface area contributed by atoms with Gasteiger partial charge in [0.1, 0.15) is 6.54 Å². The summed E-state index contributed by atoms with van der Waals surface area (Å²) in [5.74, 6) is -0.512. The fraction of sp³-hybridized carbons (Fsp3) is 0.312. The number of nitrogens with one attached hydrogen (secondary N) is 1. The molecule has 0 aliphatic carbocycles. The van der Waals surface area contributed by atoms with Crippen LogP contribution in [0.5, 0.6) is 0 Å². The summed E-state index contributed by atoms with van der Waals surface area (Å²) >= 11 is 0. The van der Waals surface area contributed by atoms with Gasteiger partial charge in [-0.25, -0.2) is 13.6 Å². The molecule has 3 N–H and O–H groups in total. The van der Waals surface area contributed by atoms with Gasteiger partial charge < -0.3 is 9.88 Å². The van der Waals surface area contributed by atoms with Crippen molar-refractivity contribution in [3.05, 3.63) is 52.8 Å². The summed E-state index contributed by atoms with van der Waals surface area (Å²) in [5, 5.41) is 7.61. The van der Waals surface area contributed by atoms with Crippen LogP contribution in [-0.2, 0) is 23.1 Å². The first-order chi connectivity index (χ1) is 11.9. The molecule has 26 heavy (non-hydrogen) atoms. The molecule has 0 bridgehead atoms. The largest absolute Gasteiger partial charge is 0.406 e. The van der Waals surface area contributed by atoms with Crippen molar-refractivity contribution in [1.29, 1.82) is 0 Å². The van der Waals surface area contributed by atoms with Crippen LogP contribution in [-0.4, -0.2) is 25.1 Å².